The lowest BCUT2D eigenvalue weighted by molar-refractivity contribution is 0.306. The van der Waals surface area contributed by atoms with Gasteiger partial charge in [-0.05, 0) is 23.3 Å². The van der Waals surface area contributed by atoms with Crippen molar-refractivity contribution in [3.63, 3.8) is 0 Å². The normalized spacial score (nSPS) is 11.2. The van der Waals surface area contributed by atoms with Crippen LogP contribution in [0.5, 0.6) is 5.75 Å². The summed E-state index contributed by atoms with van der Waals surface area (Å²) in [5.41, 5.74) is 7.59. The molecule has 92 valence electrons. The Balaban J connectivity index is 2.06. The van der Waals surface area contributed by atoms with Crippen LogP contribution in [0, 0.1) is 0 Å². The van der Waals surface area contributed by atoms with E-state index in [-0.39, 0.29) is 12.4 Å². The van der Waals surface area contributed by atoms with Gasteiger partial charge in [0.05, 0.1) is 0 Å². The number of ether oxygens (including phenoxy) is 1. The number of amidine groups is 1. The monoisotopic (exact) mass is 242 g/mol. The molecule has 4 nitrogen and oxygen atoms in total. The average molecular weight is 242 g/mol. The van der Waals surface area contributed by atoms with Gasteiger partial charge in [-0.25, -0.2) is 0 Å². The summed E-state index contributed by atoms with van der Waals surface area (Å²) in [7, 11) is 0. The zero-order chi connectivity index (χ0) is 12.8. The predicted octanol–water partition coefficient (Wildman–Crippen LogP) is 2.48. The topological polar surface area (TPSA) is 67.8 Å². The molecule has 0 fully saturated rings. The maximum absolute atomic E-state index is 8.39. The van der Waals surface area contributed by atoms with Crippen LogP contribution in [-0.4, -0.2) is 17.6 Å². The highest BCUT2D eigenvalue weighted by molar-refractivity contribution is 5.81. The van der Waals surface area contributed by atoms with Gasteiger partial charge in [-0.15, -0.1) is 0 Å². The highest BCUT2D eigenvalue weighted by Crippen LogP contribution is 2.21. The van der Waals surface area contributed by atoms with E-state index >= 15 is 0 Å². The number of nitrogens with two attached hydrogens (primary N) is 1. The molecule has 2 aromatic rings. The van der Waals surface area contributed by atoms with Crippen molar-refractivity contribution < 1.29 is 9.94 Å². The van der Waals surface area contributed by atoms with E-state index in [1.54, 1.807) is 0 Å². The zero-order valence-corrected chi connectivity index (χ0v) is 9.78. The van der Waals surface area contributed by atoms with Crippen LogP contribution in [0.1, 0.15) is 0 Å². The second kappa shape index (κ2) is 5.72. The summed E-state index contributed by atoms with van der Waals surface area (Å²) >= 11 is 0. The molecule has 0 saturated carbocycles. The van der Waals surface area contributed by atoms with Crippen molar-refractivity contribution in [3.8, 4) is 16.9 Å². The standard InChI is InChI=1S/C14H14N2O2/c15-14(16-17)10-18-13-8-6-12(7-9-13)11-4-2-1-3-5-11/h1-9,17H,10H2,(H2,15,16). The Hall–Kier alpha value is -2.49. The lowest BCUT2D eigenvalue weighted by Gasteiger charge is -2.06. The van der Waals surface area contributed by atoms with Crippen molar-refractivity contribution in [2.24, 2.45) is 10.9 Å². The van der Waals surface area contributed by atoms with E-state index in [0.29, 0.717) is 5.75 Å². The molecule has 0 spiro atoms. The molecule has 2 rings (SSSR count). The number of nitrogens with zero attached hydrogens (tertiary/aromatic N) is 1. The molecule has 0 amide bonds. The van der Waals surface area contributed by atoms with Crippen molar-refractivity contribution in [2.75, 3.05) is 6.61 Å². The minimum Gasteiger partial charge on any atom is -0.486 e. The molecule has 3 N–H and O–H groups in total. The Bertz CT molecular complexity index is 521. The molecule has 0 heterocycles. The molecule has 2 aromatic carbocycles. The SMILES string of the molecule is N/C(COc1ccc(-c2ccccc2)cc1)=N/O. The first-order chi connectivity index (χ1) is 8.79. The van der Waals surface area contributed by atoms with Crippen LogP contribution in [0.25, 0.3) is 11.1 Å². The molecule has 0 atom stereocenters. The first-order valence-electron chi connectivity index (χ1n) is 5.54. The van der Waals surface area contributed by atoms with Crippen molar-refractivity contribution in [3.05, 3.63) is 54.6 Å². The van der Waals surface area contributed by atoms with Crippen LogP contribution >= 0.6 is 0 Å². The molecule has 0 aliphatic heterocycles. The zero-order valence-electron chi connectivity index (χ0n) is 9.78. The fourth-order valence-electron chi connectivity index (χ4n) is 1.56. The van der Waals surface area contributed by atoms with Gasteiger partial charge < -0.3 is 15.7 Å². The second-order valence-corrected chi connectivity index (χ2v) is 3.77. The number of benzene rings is 2. The molecular weight excluding hydrogens is 228 g/mol. The molecule has 0 bridgehead atoms. The largest absolute Gasteiger partial charge is 0.486 e. The van der Waals surface area contributed by atoms with Gasteiger partial charge in [-0.2, -0.15) is 0 Å². The van der Waals surface area contributed by atoms with Crippen LogP contribution in [0.15, 0.2) is 59.8 Å². The van der Waals surface area contributed by atoms with Crippen molar-refractivity contribution in [2.45, 2.75) is 0 Å². The third kappa shape index (κ3) is 3.01. The minimum absolute atomic E-state index is 0.0436. The lowest BCUT2D eigenvalue weighted by atomic mass is 10.1. The third-order valence-electron chi connectivity index (χ3n) is 2.48. The number of rotatable bonds is 4. The first-order valence-corrected chi connectivity index (χ1v) is 5.54. The Kier molecular flexibility index (Phi) is 3.81. The molecule has 0 aliphatic rings. The Labute approximate surface area is 105 Å². The summed E-state index contributed by atoms with van der Waals surface area (Å²) in [5.74, 6) is 0.725. The van der Waals surface area contributed by atoms with Gasteiger partial charge in [-0.3, -0.25) is 0 Å². The summed E-state index contributed by atoms with van der Waals surface area (Å²) in [5, 5.41) is 11.2. The molecule has 0 aliphatic carbocycles. The Morgan fingerprint density at radius 1 is 1.00 bits per heavy atom. The second-order valence-electron chi connectivity index (χ2n) is 3.77. The molecule has 4 heteroatoms. The Morgan fingerprint density at radius 2 is 1.61 bits per heavy atom. The van der Waals surface area contributed by atoms with Gasteiger partial charge in [0.25, 0.3) is 0 Å². The van der Waals surface area contributed by atoms with E-state index in [2.05, 4.69) is 5.16 Å². The molecular formula is C14H14N2O2. The van der Waals surface area contributed by atoms with Crippen LogP contribution in [0.4, 0.5) is 0 Å². The maximum atomic E-state index is 8.39. The van der Waals surface area contributed by atoms with Crippen molar-refractivity contribution in [1.29, 1.82) is 0 Å². The van der Waals surface area contributed by atoms with Crippen LogP contribution in [0.2, 0.25) is 0 Å². The summed E-state index contributed by atoms with van der Waals surface area (Å²) in [6.45, 7) is 0.0706. The molecule has 0 saturated heterocycles. The van der Waals surface area contributed by atoms with Gasteiger partial charge in [0.15, 0.2) is 5.84 Å². The van der Waals surface area contributed by atoms with Crippen LogP contribution in [0.3, 0.4) is 0 Å². The molecule has 0 unspecified atom stereocenters. The van der Waals surface area contributed by atoms with E-state index < -0.39 is 0 Å². The number of hydrogen-bond acceptors (Lipinski definition) is 3. The van der Waals surface area contributed by atoms with Gasteiger partial charge in [0.2, 0.25) is 0 Å². The van der Waals surface area contributed by atoms with E-state index in [0.717, 1.165) is 11.1 Å². The molecule has 18 heavy (non-hydrogen) atoms. The van der Waals surface area contributed by atoms with Gasteiger partial charge >= 0.3 is 0 Å². The highest BCUT2D eigenvalue weighted by Gasteiger charge is 1.99. The Morgan fingerprint density at radius 3 is 2.22 bits per heavy atom. The number of oxime groups is 1. The predicted molar refractivity (Wildman–Crippen MR) is 70.8 cm³/mol. The first kappa shape index (κ1) is 12.0. The fourth-order valence-corrected chi connectivity index (χ4v) is 1.56. The number of hydrogen-bond donors (Lipinski definition) is 2. The third-order valence-corrected chi connectivity index (χ3v) is 2.48. The maximum Gasteiger partial charge on any atom is 0.177 e. The van der Waals surface area contributed by atoms with Crippen LogP contribution in [-0.2, 0) is 0 Å². The quantitative estimate of drug-likeness (QED) is 0.374. The summed E-state index contributed by atoms with van der Waals surface area (Å²) in [4.78, 5) is 0. The van der Waals surface area contributed by atoms with E-state index in [1.165, 1.54) is 0 Å². The fraction of sp³-hybridized carbons (Fsp3) is 0.0714. The van der Waals surface area contributed by atoms with Crippen LogP contribution < -0.4 is 10.5 Å². The average Bonchev–Trinajstić information content (AvgIpc) is 2.46. The summed E-state index contributed by atoms with van der Waals surface area (Å²) in [6.07, 6.45) is 0. The van der Waals surface area contributed by atoms with Crippen molar-refractivity contribution in [1.82, 2.24) is 0 Å². The van der Waals surface area contributed by atoms with Crippen molar-refractivity contribution >= 4 is 5.84 Å². The summed E-state index contributed by atoms with van der Waals surface area (Å²) < 4.78 is 5.33. The van der Waals surface area contributed by atoms with Gasteiger partial charge in [0.1, 0.15) is 12.4 Å². The summed E-state index contributed by atoms with van der Waals surface area (Å²) in [6, 6.07) is 17.7. The molecule has 0 radical (unpaired) electrons. The minimum atomic E-state index is 0.0436. The molecule has 0 aromatic heterocycles. The van der Waals surface area contributed by atoms with Gasteiger partial charge in [-0.1, -0.05) is 47.6 Å². The lowest BCUT2D eigenvalue weighted by Crippen LogP contribution is -2.20. The van der Waals surface area contributed by atoms with E-state index in [9.17, 15) is 0 Å². The smallest absolute Gasteiger partial charge is 0.177 e. The van der Waals surface area contributed by atoms with E-state index in [4.69, 9.17) is 15.7 Å². The highest BCUT2D eigenvalue weighted by atomic mass is 16.5. The van der Waals surface area contributed by atoms with Gasteiger partial charge in [0, 0.05) is 0 Å². The van der Waals surface area contributed by atoms with E-state index in [1.807, 2.05) is 54.6 Å².